The van der Waals surface area contributed by atoms with Gasteiger partial charge in [0.2, 0.25) is 5.91 Å². The van der Waals surface area contributed by atoms with Crippen LogP contribution in [0.3, 0.4) is 0 Å². The van der Waals surface area contributed by atoms with Crippen molar-refractivity contribution in [3.8, 4) is 11.5 Å². The number of carbonyl (C=O) groups is 4. The molecule has 0 unspecified atom stereocenters. The molecule has 6 aromatic rings. The van der Waals surface area contributed by atoms with E-state index in [0.29, 0.717) is 66.0 Å². The second-order valence-corrected chi connectivity index (χ2v) is 18.5. The van der Waals surface area contributed by atoms with Crippen molar-refractivity contribution in [1.29, 1.82) is 0 Å². The molecule has 2 aromatic heterocycles. The SMILES string of the molecule is CN1Cc2c(c(O)c3ncc(Cc4ccc(F)cc4)cc3c2C2(C(=O)NC(C)(C)CO)CC2)C1=O.CN1Cc2c(c(O)c3ncc(Cc4ccc(F)cc4)cc3c2C2(C(=O)O)CC2)C1=O. The van der Waals surface area contributed by atoms with Gasteiger partial charge in [-0.3, -0.25) is 29.1 Å². The van der Waals surface area contributed by atoms with E-state index in [-0.39, 0.29) is 82.7 Å². The van der Waals surface area contributed by atoms with Crippen LogP contribution in [0.25, 0.3) is 21.8 Å². The van der Waals surface area contributed by atoms with Gasteiger partial charge in [-0.15, -0.1) is 0 Å². The minimum atomic E-state index is -1.06. The van der Waals surface area contributed by atoms with Gasteiger partial charge in [0, 0.05) is 50.4 Å². The zero-order valence-corrected chi connectivity index (χ0v) is 36.3. The van der Waals surface area contributed by atoms with Crippen molar-refractivity contribution >= 4 is 45.5 Å². The number of aliphatic hydroxyl groups excluding tert-OH is 1. The second kappa shape index (κ2) is 15.6. The number of phenols is 2. The van der Waals surface area contributed by atoms with Gasteiger partial charge in [0.1, 0.15) is 22.7 Å². The Kier molecular flexibility index (Phi) is 10.4. The van der Waals surface area contributed by atoms with E-state index in [1.54, 1.807) is 64.6 Å². The first-order chi connectivity index (χ1) is 30.9. The van der Waals surface area contributed by atoms with E-state index in [0.717, 1.165) is 27.8 Å². The molecule has 0 saturated heterocycles. The van der Waals surface area contributed by atoms with Crippen LogP contribution in [-0.2, 0) is 46.4 Å². The second-order valence-electron chi connectivity index (χ2n) is 18.5. The molecule has 0 radical (unpaired) electrons. The molecule has 0 atom stereocenters. The maximum absolute atomic E-state index is 13.6. The summed E-state index contributed by atoms with van der Waals surface area (Å²) in [4.78, 5) is 63.2. The van der Waals surface area contributed by atoms with Crippen molar-refractivity contribution in [3.05, 3.63) is 140 Å². The molecule has 334 valence electrons. The highest BCUT2D eigenvalue weighted by molar-refractivity contribution is 6.11. The van der Waals surface area contributed by atoms with Crippen molar-refractivity contribution in [2.75, 3.05) is 20.7 Å². The molecule has 0 spiro atoms. The number of hydrogen-bond donors (Lipinski definition) is 5. The lowest BCUT2D eigenvalue weighted by molar-refractivity contribution is -0.140. The molecule has 4 aromatic carbocycles. The third-order valence-corrected chi connectivity index (χ3v) is 13.3. The van der Waals surface area contributed by atoms with Crippen molar-refractivity contribution < 1.29 is 48.4 Å². The number of aliphatic hydroxyl groups is 1. The third-order valence-electron chi connectivity index (χ3n) is 13.3. The van der Waals surface area contributed by atoms with Gasteiger partial charge in [0.25, 0.3) is 11.8 Å². The van der Waals surface area contributed by atoms with Crippen LogP contribution in [0.2, 0.25) is 0 Å². The average molecular weight is 884 g/mol. The van der Waals surface area contributed by atoms with E-state index in [2.05, 4.69) is 15.3 Å². The van der Waals surface area contributed by atoms with Crippen LogP contribution in [0.15, 0.2) is 73.1 Å². The molecule has 2 saturated carbocycles. The van der Waals surface area contributed by atoms with Crippen LogP contribution in [0.5, 0.6) is 11.5 Å². The summed E-state index contributed by atoms with van der Waals surface area (Å²) in [6, 6.07) is 16.1. The van der Waals surface area contributed by atoms with Gasteiger partial charge >= 0.3 is 5.97 Å². The van der Waals surface area contributed by atoms with Crippen molar-refractivity contribution in [3.63, 3.8) is 0 Å². The highest BCUT2D eigenvalue weighted by Gasteiger charge is 2.57. The highest BCUT2D eigenvalue weighted by atomic mass is 19.1. The Labute approximate surface area is 372 Å². The lowest BCUT2D eigenvalue weighted by atomic mass is 9.83. The van der Waals surface area contributed by atoms with E-state index in [1.165, 1.54) is 34.1 Å². The third kappa shape index (κ3) is 7.37. The summed E-state index contributed by atoms with van der Waals surface area (Å²) in [5.74, 6) is -2.77. The Morgan fingerprint density at radius 2 is 1.09 bits per heavy atom. The molecule has 10 rings (SSSR count). The molecule has 13 nitrogen and oxygen atoms in total. The van der Waals surface area contributed by atoms with Gasteiger partial charge in [-0.05, 0) is 133 Å². The van der Waals surface area contributed by atoms with E-state index in [9.17, 15) is 48.4 Å². The first kappa shape index (κ1) is 43.3. The summed E-state index contributed by atoms with van der Waals surface area (Å²) in [5.41, 5.74) is 4.13. The summed E-state index contributed by atoms with van der Waals surface area (Å²) in [6.45, 7) is 3.83. The first-order valence-electron chi connectivity index (χ1n) is 21.4. The Morgan fingerprint density at radius 3 is 1.46 bits per heavy atom. The molecule has 2 fully saturated rings. The number of aromatic hydroxyl groups is 2. The number of nitrogens with zero attached hydrogens (tertiary/aromatic N) is 4. The molecule has 15 heteroatoms. The number of halogens is 2. The van der Waals surface area contributed by atoms with Gasteiger partial charge in [0.15, 0.2) is 11.5 Å². The van der Waals surface area contributed by atoms with E-state index in [1.807, 2.05) is 12.1 Å². The zero-order valence-electron chi connectivity index (χ0n) is 36.3. The number of rotatable bonds is 10. The first-order valence-corrected chi connectivity index (χ1v) is 21.4. The number of benzene rings is 4. The van der Waals surface area contributed by atoms with Crippen LogP contribution in [0, 0.1) is 11.6 Å². The number of carboxylic acid groups (broad SMARTS) is 1. The van der Waals surface area contributed by atoms with Crippen LogP contribution >= 0.6 is 0 Å². The van der Waals surface area contributed by atoms with Crippen molar-refractivity contribution in [2.24, 2.45) is 0 Å². The predicted molar refractivity (Wildman–Crippen MR) is 236 cm³/mol. The minimum Gasteiger partial charge on any atom is -0.505 e. The van der Waals surface area contributed by atoms with Crippen LogP contribution in [0.4, 0.5) is 8.78 Å². The van der Waals surface area contributed by atoms with Crippen LogP contribution in [-0.4, -0.2) is 90.1 Å². The van der Waals surface area contributed by atoms with Gasteiger partial charge in [-0.25, -0.2) is 8.78 Å². The smallest absolute Gasteiger partial charge is 0.314 e. The standard InChI is InChI=1S/C27H28FN3O4.C23H19FN2O4/c1-26(2,14-32)30-25(35)27(8-9-27)21-18-11-16(10-15-4-6-17(28)7-5-15)12-29-22(18)23(33)20-19(21)13-31(3)24(20)34;1-26-11-16-17(21(26)28)20(27)19-15(18(16)23(6-7-23)22(29)30)9-13(10-25-19)8-12-2-4-14(24)5-3-12/h4-7,11-12,32-33H,8-10,13-14H2,1-3H3,(H,30,35);2-5,9-10,27H,6-8,11H2,1H3,(H,29,30). The Hall–Kier alpha value is -7.00. The van der Waals surface area contributed by atoms with Gasteiger partial charge < -0.3 is 35.5 Å². The number of fused-ring (bicyclic) bond motifs is 4. The predicted octanol–water partition coefficient (Wildman–Crippen LogP) is 6.55. The Bertz CT molecular complexity index is 3000. The van der Waals surface area contributed by atoms with E-state index in [4.69, 9.17) is 0 Å². The molecule has 2 aliphatic carbocycles. The number of nitrogens with one attached hydrogen (secondary N) is 1. The number of aromatic nitrogens is 2. The maximum Gasteiger partial charge on any atom is 0.314 e. The fourth-order valence-electron chi connectivity index (χ4n) is 9.49. The number of phenolic OH excluding ortho intramolecular Hbond substituents is 2. The van der Waals surface area contributed by atoms with Crippen molar-refractivity contribution in [2.45, 2.75) is 81.8 Å². The summed E-state index contributed by atoms with van der Waals surface area (Å²) in [7, 11) is 3.29. The number of amides is 3. The molecule has 4 aliphatic rings. The largest absolute Gasteiger partial charge is 0.505 e. The summed E-state index contributed by atoms with van der Waals surface area (Å²) in [5, 5.41) is 45.7. The monoisotopic (exact) mass is 883 g/mol. The molecular formula is C50H47F2N5O8. The highest BCUT2D eigenvalue weighted by Crippen LogP contribution is 2.56. The van der Waals surface area contributed by atoms with E-state index < -0.39 is 22.3 Å². The lowest BCUT2D eigenvalue weighted by Gasteiger charge is -2.28. The molecule has 65 heavy (non-hydrogen) atoms. The molecule has 0 bridgehead atoms. The number of carboxylic acids is 1. The van der Waals surface area contributed by atoms with Crippen LogP contribution < -0.4 is 5.32 Å². The molecule has 4 heterocycles. The average Bonchev–Trinajstić information content (AvgIpc) is 4.20. The normalized spacial score (nSPS) is 16.6. The zero-order chi connectivity index (χ0) is 46.3. The van der Waals surface area contributed by atoms with Crippen molar-refractivity contribution in [1.82, 2.24) is 25.1 Å². The molecule has 2 aliphatic heterocycles. The molecule has 3 amide bonds. The fourth-order valence-corrected chi connectivity index (χ4v) is 9.49. The maximum atomic E-state index is 13.6. The van der Waals surface area contributed by atoms with Gasteiger partial charge in [0.05, 0.1) is 34.1 Å². The quantitative estimate of drug-likeness (QED) is 0.101. The van der Waals surface area contributed by atoms with Gasteiger partial charge in [-0.2, -0.15) is 0 Å². The number of aliphatic carboxylic acids is 1. The van der Waals surface area contributed by atoms with Gasteiger partial charge in [-0.1, -0.05) is 24.3 Å². The Balaban J connectivity index is 0.000000166. The van der Waals surface area contributed by atoms with Crippen LogP contribution in [0.1, 0.15) is 105 Å². The molecular weight excluding hydrogens is 837 g/mol. The summed E-state index contributed by atoms with van der Waals surface area (Å²) < 4.78 is 26.6. The number of carbonyl (C=O) groups excluding carboxylic acids is 3. The Morgan fingerprint density at radius 1 is 0.692 bits per heavy atom. The van der Waals surface area contributed by atoms with E-state index >= 15 is 0 Å². The topological polar surface area (TPSA) is 193 Å². The number of hydrogen-bond acceptors (Lipinski definition) is 9. The minimum absolute atomic E-state index is 0.159. The molecule has 5 N–H and O–H groups in total. The number of pyridine rings is 2. The lowest BCUT2D eigenvalue weighted by Crippen LogP contribution is -2.50. The fraction of sp³-hybridized carbons (Fsp3) is 0.320. The summed E-state index contributed by atoms with van der Waals surface area (Å²) >= 11 is 0. The summed E-state index contributed by atoms with van der Waals surface area (Å²) in [6.07, 6.45) is 6.36.